The minimum Gasteiger partial charge on any atom is -0.338 e. The Kier molecular flexibility index (Phi) is 4.41. The van der Waals surface area contributed by atoms with E-state index in [4.69, 9.17) is 0 Å². The van der Waals surface area contributed by atoms with Crippen LogP contribution in [0.15, 0.2) is 47.6 Å². The number of sulfonamides is 1. The lowest BCUT2D eigenvalue weighted by atomic mass is 10.2. The number of anilines is 1. The van der Waals surface area contributed by atoms with Gasteiger partial charge in [0.25, 0.3) is 0 Å². The summed E-state index contributed by atoms with van der Waals surface area (Å²) >= 11 is 0. The average Bonchev–Trinajstić information content (AvgIpc) is 2.92. The van der Waals surface area contributed by atoms with Gasteiger partial charge in [0, 0.05) is 58.2 Å². The van der Waals surface area contributed by atoms with Crippen molar-refractivity contribution >= 4 is 16.0 Å². The number of piperazine rings is 1. The van der Waals surface area contributed by atoms with Gasteiger partial charge in [0.1, 0.15) is 0 Å². The molecule has 7 nitrogen and oxygen atoms in total. The van der Waals surface area contributed by atoms with Crippen LogP contribution in [0.3, 0.4) is 0 Å². The summed E-state index contributed by atoms with van der Waals surface area (Å²) in [4.78, 5) is 13.5. The minimum absolute atomic E-state index is 0.459. The second-order valence-corrected chi connectivity index (χ2v) is 8.23. The van der Waals surface area contributed by atoms with Crippen molar-refractivity contribution in [3.8, 4) is 0 Å². The van der Waals surface area contributed by atoms with Crippen LogP contribution in [0.5, 0.6) is 0 Å². The fourth-order valence-corrected chi connectivity index (χ4v) is 5.00. The van der Waals surface area contributed by atoms with Crippen molar-refractivity contribution < 1.29 is 8.42 Å². The molecule has 4 rings (SSSR count). The van der Waals surface area contributed by atoms with Crippen molar-refractivity contribution in [1.29, 1.82) is 0 Å². The van der Waals surface area contributed by atoms with E-state index in [2.05, 4.69) is 19.8 Å². The third-order valence-electron chi connectivity index (χ3n) is 4.81. The van der Waals surface area contributed by atoms with Gasteiger partial charge in [0.05, 0.1) is 4.90 Å². The van der Waals surface area contributed by atoms with Crippen LogP contribution in [-0.4, -0.2) is 66.9 Å². The number of nitrogens with zero attached hydrogens (tertiary/aromatic N) is 5. The Hall–Kier alpha value is -2.03. The Bertz CT molecular complexity index is 835. The van der Waals surface area contributed by atoms with Crippen LogP contribution >= 0.6 is 0 Å². The van der Waals surface area contributed by atoms with Crippen LogP contribution in [0.25, 0.3) is 0 Å². The molecule has 0 spiro atoms. The maximum absolute atomic E-state index is 12.6. The normalized spacial score (nSPS) is 20.6. The summed E-state index contributed by atoms with van der Waals surface area (Å²) in [5.41, 5.74) is 0.897. The van der Waals surface area contributed by atoms with Crippen molar-refractivity contribution in [2.24, 2.45) is 0 Å². The standard InChI is InChI=1S/C17H21N5O2S/c23-25(24)16-5-2-1-4-15(16)14-22(25)13-10-20-8-11-21(12-9-20)17-18-6-3-7-19-17/h1-7H,8-14H2. The zero-order valence-electron chi connectivity index (χ0n) is 14.0. The van der Waals surface area contributed by atoms with Crippen molar-refractivity contribution in [2.45, 2.75) is 11.4 Å². The summed E-state index contributed by atoms with van der Waals surface area (Å²) in [7, 11) is -3.32. The van der Waals surface area contributed by atoms with Crippen LogP contribution < -0.4 is 4.90 Å². The molecule has 0 amide bonds. The van der Waals surface area contributed by atoms with E-state index in [1.165, 1.54) is 0 Å². The predicted octanol–water partition coefficient (Wildman–Crippen LogP) is 0.803. The molecule has 25 heavy (non-hydrogen) atoms. The molecule has 2 aliphatic rings. The first-order chi connectivity index (χ1) is 12.1. The van der Waals surface area contributed by atoms with Gasteiger partial charge in [-0.25, -0.2) is 18.4 Å². The van der Waals surface area contributed by atoms with Crippen molar-refractivity contribution in [1.82, 2.24) is 19.2 Å². The summed E-state index contributed by atoms with van der Waals surface area (Å²) in [5.74, 6) is 0.764. The van der Waals surface area contributed by atoms with E-state index < -0.39 is 10.0 Å². The van der Waals surface area contributed by atoms with Gasteiger partial charge in [-0.2, -0.15) is 4.31 Å². The van der Waals surface area contributed by atoms with Crippen LogP contribution in [0.1, 0.15) is 5.56 Å². The maximum Gasteiger partial charge on any atom is 0.243 e. The Labute approximate surface area is 148 Å². The van der Waals surface area contributed by atoms with Gasteiger partial charge >= 0.3 is 0 Å². The number of hydrogen-bond donors (Lipinski definition) is 0. The number of rotatable bonds is 4. The van der Waals surface area contributed by atoms with Gasteiger partial charge in [-0.3, -0.25) is 4.90 Å². The fraction of sp³-hybridized carbons (Fsp3) is 0.412. The smallest absolute Gasteiger partial charge is 0.243 e. The summed E-state index contributed by atoms with van der Waals surface area (Å²) in [6.45, 7) is 5.25. The molecule has 3 heterocycles. The monoisotopic (exact) mass is 359 g/mol. The number of hydrogen-bond acceptors (Lipinski definition) is 6. The number of benzene rings is 1. The van der Waals surface area contributed by atoms with E-state index in [1.54, 1.807) is 28.8 Å². The summed E-state index contributed by atoms with van der Waals surface area (Å²) in [5, 5.41) is 0. The molecule has 8 heteroatoms. The van der Waals surface area contributed by atoms with Crippen molar-refractivity contribution in [3.05, 3.63) is 48.3 Å². The molecule has 0 N–H and O–H groups in total. The van der Waals surface area contributed by atoms with E-state index in [9.17, 15) is 8.42 Å². The molecule has 132 valence electrons. The molecule has 0 radical (unpaired) electrons. The van der Waals surface area contributed by atoms with Gasteiger partial charge in [0.2, 0.25) is 16.0 Å². The highest BCUT2D eigenvalue weighted by atomic mass is 32.2. The third kappa shape index (κ3) is 3.24. The predicted molar refractivity (Wildman–Crippen MR) is 94.7 cm³/mol. The van der Waals surface area contributed by atoms with Gasteiger partial charge in [-0.05, 0) is 17.7 Å². The lowest BCUT2D eigenvalue weighted by Crippen LogP contribution is -2.49. The largest absolute Gasteiger partial charge is 0.338 e. The highest BCUT2D eigenvalue weighted by Crippen LogP contribution is 2.29. The SMILES string of the molecule is O=S1(=O)c2ccccc2CN1CCN1CCN(c2ncccn2)CC1. The zero-order valence-corrected chi connectivity index (χ0v) is 14.8. The van der Waals surface area contributed by atoms with E-state index in [-0.39, 0.29) is 0 Å². The highest BCUT2D eigenvalue weighted by molar-refractivity contribution is 7.89. The zero-order chi connectivity index (χ0) is 17.3. The molecule has 0 atom stereocenters. The van der Waals surface area contributed by atoms with Gasteiger partial charge < -0.3 is 4.90 Å². The summed E-state index contributed by atoms with van der Waals surface area (Å²) in [6.07, 6.45) is 3.51. The first-order valence-electron chi connectivity index (χ1n) is 8.47. The van der Waals surface area contributed by atoms with Crippen LogP contribution in [-0.2, 0) is 16.6 Å². The van der Waals surface area contributed by atoms with Gasteiger partial charge in [-0.15, -0.1) is 0 Å². The molecule has 1 aromatic carbocycles. The van der Waals surface area contributed by atoms with Crippen LogP contribution in [0, 0.1) is 0 Å². The topological polar surface area (TPSA) is 69.6 Å². The molecule has 0 unspecified atom stereocenters. The Balaban J connectivity index is 1.32. The maximum atomic E-state index is 12.6. The third-order valence-corrected chi connectivity index (χ3v) is 6.76. The molecule has 1 aromatic heterocycles. The Morgan fingerprint density at radius 2 is 1.64 bits per heavy atom. The lowest BCUT2D eigenvalue weighted by molar-refractivity contribution is 0.236. The minimum atomic E-state index is -3.32. The van der Waals surface area contributed by atoms with Crippen LogP contribution in [0.2, 0.25) is 0 Å². The molecule has 0 bridgehead atoms. The van der Waals surface area contributed by atoms with E-state index >= 15 is 0 Å². The Morgan fingerprint density at radius 1 is 0.920 bits per heavy atom. The molecule has 0 saturated carbocycles. The fourth-order valence-electron chi connectivity index (χ4n) is 3.38. The molecular weight excluding hydrogens is 338 g/mol. The molecule has 1 saturated heterocycles. The first-order valence-corrected chi connectivity index (χ1v) is 9.91. The molecular formula is C17H21N5O2S. The van der Waals surface area contributed by atoms with E-state index in [0.29, 0.717) is 18.0 Å². The van der Waals surface area contributed by atoms with Crippen LogP contribution in [0.4, 0.5) is 5.95 Å². The van der Waals surface area contributed by atoms with Gasteiger partial charge in [0.15, 0.2) is 0 Å². The number of aromatic nitrogens is 2. The molecule has 2 aliphatic heterocycles. The summed E-state index contributed by atoms with van der Waals surface area (Å²) in [6, 6.07) is 9.08. The molecule has 2 aromatic rings. The number of fused-ring (bicyclic) bond motifs is 1. The molecule has 1 fully saturated rings. The molecule has 0 aliphatic carbocycles. The summed E-state index contributed by atoms with van der Waals surface area (Å²) < 4.78 is 26.7. The lowest BCUT2D eigenvalue weighted by Gasteiger charge is -2.35. The second-order valence-electron chi connectivity index (χ2n) is 6.32. The van der Waals surface area contributed by atoms with E-state index in [1.807, 2.05) is 18.2 Å². The highest BCUT2D eigenvalue weighted by Gasteiger charge is 2.34. The average molecular weight is 359 g/mol. The second kappa shape index (κ2) is 6.70. The first kappa shape index (κ1) is 16.4. The van der Waals surface area contributed by atoms with Crippen molar-refractivity contribution in [2.75, 3.05) is 44.2 Å². The van der Waals surface area contributed by atoms with E-state index in [0.717, 1.165) is 44.2 Å². The quantitative estimate of drug-likeness (QED) is 0.804. The van der Waals surface area contributed by atoms with Gasteiger partial charge in [-0.1, -0.05) is 18.2 Å². The Morgan fingerprint density at radius 3 is 2.36 bits per heavy atom. The van der Waals surface area contributed by atoms with Crippen molar-refractivity contribution in [3.63, 3.8) is 0 Å².